The molecule has 0 amide bonds. The lowest BCUT2D eigenvalue weighted by molar-refractivity contribution is 0.108. The highest BCUT2D eigenvalue weighted by Gasteiger charge is 2.19. The molecule has 15 heavy (non-hydrogen) atoms. The maximum atomic E-state index is 10.1. The van der Waals surface area contributed by atoms with Crippen molar-refractivity contribution < 1.29 is 5.11 Å². The van der Waals surface area contributed by atoms with Gasteiger partial charge in [-0.2, -0.15) is 0 Å². The molecule has 0 saturated heterocycles. The zero-order valence-electron chi connectivity index (χ0n) is 9.85. The Morgan fingerprint density at radius 2 is 1.80 bits per heavy atom. The van der Waals surface area contributed by atoms with E-state index in [0.29, 0.717) is 6.54 Å². The Balaban J connectivity index is 2.71. The van der Waals surface area contributed by atoms with E-state index in [0.717, 1.165) is 6.42 Å². The van der Waals surface area contributed by atoms with Crippen LogP contribution in [0.2, 0.25) is 0 Å². The van der Waals surface area contributed by atoms with Gasteiger partial charge in [0, 0.05) is 12.5 Å². The van der Waals surface area contributed by atoms with Gasteiger partial charge in [0.1, 0.15) is 0 Å². The van der Waals surface area contributed by atoms with Crippen LogP contribution in [-0.2, 0) is 0 Å². The number of aliphatic hydroxyl groups excluding tert-OH is 1. The summed E-state index contributed by atoms with van der Waals surface area (Å²) in [6.45, 7) is 2.84. The van der Waals surface area contributed by atoms with Gasteiger partial charge < -0.3 is 10.0 Å². The number of nitrogens with zero attached hydrogens (tertiary/aromatic N) is 1. The van der Waals surface area contributed by atoms with Crippen molar-refractivity contribution in [2.45, 2.75) is 25.4 Å². The number of hydrogen-bond acceptors (Lipinski definition) is 2. The second-order valence-electron chi connectivity index (χ2n) is 4.26. The summed E-state index contributed by atoms with van der Waals surface area (Å²) < 4.78 is 0. The van der Waals surface area contributed by atoms with E-state index in [2.05, 4.69) is 19.1 Å². The third kappa shape index (κ3) is 3.65. The minimum Gasteiger partial charge on any atom is -0.391 e. The van der Waals surface area contributed by atoms with Gasteiger partial charge in [-0.1, -0.05) is 37.3 Å². The second-order valence-corrected chi connectivity index (χ2v) is 4.26. The Bertz CT molecular complexity index is 271. The predicted molar refractivity (Wildman–Crippen MR) is 64.0 cm³/mol. The van der Waals surface area contributed by atoms with Crippen molar-refractivity contribution in [3.8, 4) is 0 Å². The second kappa shape index (κ2) is 5.89. The number of rotatable bonds is 5. The molecule has 0 bridgehead atoms. The first-order valence-electron chi connectivity index (χ1n) is 5.53. The highest BCUT2D eigenvalue weighted by Crippen LogP contribution is 2.23. The molecule has 2 unspecified atom stereocenters. The smallest absolute Gasteiger partial charge is 0.0735 e. The fourth-order valence-electron chi connectivity index (χ4n) is 1.93. The van der Waals surface area contributed by atoms with Gasteiger partial charge in [-0.15, -0.1) is 0 Å². The highest BCUT2D eigenvalue weighted by molar-refractivity contribution is 5.20. The van der Waals surface area contributed by atoms with Crippen LogP contribution in [0.25, 0.3) is 0 Å². The summed E-state index contributed by atoms with van der Waals surface area (Å²) in [6.07, 6.45) is 0.686. The Kier molecular flexibility index (Phi) is 4.79. The summed E-state index contributed by atoms with van der Waals surface area (Å²) in [5, 5.41) is 10.1. The molecule has 0 fully saturated rings. The SMILES string of the molecule is CCC(c1ccccc1)C(O)CN(C)C. The van der Waals surface area contributed by atoms with E-state index in [1.165, 1.54) is 5.56 Å². The van der Waals surface area contributed by atoms with E-state index >= 15 is 0 Å². The van der Waals surface area contributed by atoms with Crippen molar-refractivity contribution in [3.63, 3.8) is 0 Å². The van der Waals surface area contributed by atoms with Gasteiger partial charge >= 0.3 is 0 Å². The van der Waals surface area contributed by atoms with Crippen molar-refractivity contribution in [2.75, 3.05) is 20.6 Å². The Labute approximate surface area is 92.5 Å². The van der Waals surface area contributed by atoms with Crippen LogP contribution in [0.3, 0.4) is 0 Å². The number of aliphatic hydroxyl groups is 1. The molecule has 0 heterocycles. The van der Waals surface area contributed by atoms with Crippen LogP contribution in [0, 0.1) is 0 Å². The van der Waals surface area contributed by atoms with E-state index in [4.69, 9.17) is 0 Å². The van der Waals surface area contributed by atoms with Crippen molar-refractivity contribution in [1.29, 1.82) is 0 Å². The maximum absolute atomic E-state index is 10.1. The minimum absolute atomic E-state index is 0.244. The van der Waals surface area contributed by atoms with Crippen LogP contribution >= 0.6 is 0 Å². The van der Waals surface area contributed by atoms with Gasteiger partial charge in [-0.25, -0.2) is 0 Å². The van der Waals surface area contributed by atoms with Crippen LogP contribution in [0.4, 0.5) is 0 Å². The number of hydrogen-bond donors (Lipinski definition) is 1. The van der Waals surface area contributed by atoms with Crippen LogP contribution in [0.15, 0.2) is 30.3 Å². The van der Waals surface area contributed by atoms with Crippen molar-refractivity contribution in [1.82, 2.24) is 4.90 Å². The molecule has 0 radical (unpaired) electrons. The lowest BCUT2D eigenvalue weighted by atomic mass is 9.91. The summed E-state index contributed by atoms with van der Waals surface area (Å²) >= 11 is 0. The largest absolute Gasteiger partial charge is 0.391 e. The summed E-state index contributed by atoms with van der Waals surface area (Å²) in [7, 11) is 3.97. The van der Waals surface area contributed by atoms with E-state index in [1.807, 2.05) is 37.2 Å². The molecule has 0 aliphatic heterocycles. The molecule has 1 N–H and O–H groups in total. The van der Waals surface area contributed by atoms with Gasteiger partial charge in [-0.3, -0.25) is 0 Å². The van der Waals surface area contributed by atoms with Gasteiger partial charge in [-0.05, 0) is 26.1 Å². The van der Waals surface area contributed by atoms with Gasteiger partial charge in [0.05, 0.1) is 6.10 Å². The van der Waals surface area contributed by atoms with Crippen LogP contribution in [0.1, 0.15) is 24.8 Å². The number of likely N-dealkylation sites (N-methyl/N-ethyl adjacent to an activating group) is 1. The molecule has 84 valence electrons. The summed E-state index contributed by atoms with van der Waals surface area (Å²) in [6, 6.07) is 10.2. The maximum Gasteiger partial charge on any atom is 0.0735 e. The van der Waals surface area contributed by atoms with Crippen molar-refractivity contribution in [2.24, 2.45) is 0 Å². The summed E-state index contributed by atoms with van der Waals surface area (Å²) in [4.78, 5) is 2.02. The molecule has 0 aliphatic carbocycles. The van der Waals surface area contributed by atoms with Crippen LogP contribution in [-0.4, -0.2) is 36.8 Å². The zero-order chi connectivity index (χ0) is 11.3. The third-order valence-electron chi connectivity index (χ3n) is 2.68. The van der Waals surface area contributed by atoms with Gasteiger partial charge in [0.2, 0.25) is 0 Å². The van der Waals surface area contributed by atoms with Gasteiger partial charge in [0.25, 0.3) is 0 Å². The first-order chi connectivity index (χ1) is 7.15. The van der Waals surface area contributed by atoms with E-state index in [1.54, 1.807) is 0 Å². The number of benzene rings is 1. The van der Waals surface area contributed by atoms with E-state index in [-0.39, 0.29) is 12.0 Å². The first kappa shape index (κ1) is 12.2. The van der Waals surface area contributed by atoms with Crippen LogP contribution in [0.5, 0.6) is 0 Å². The molecule has 0 aliphatic rings. The van der Waals surface area contributed by atoms with Gasteiger partial charge in [0.15, 0.2) is 0 Å². The van der Waals surface area contributed by atoms with E-state index in [9.17, 15) is 5.11 Å². The normalized spacial score (nSPS) is 15.3. The molecule has 2 atom stereocenters. The molecular weight excluding hydrogens is 186 g/mol. The van der Waals surface area contributed by atoms with E-state index < -0.39 is 0 Å². The fourth-order valence-corrected chi connectivity index (χ4v) is 1.93. The zero-order valence-corrected chi connectivity index (χ0v) is 9.85. The highest BCUT2D eigenvalue weighted by atomic mass is 16.3. The summed E-state index contributed by atoms with van der Waals surface area (Å²) in [5.41, 5.74) is 1.23. The van der Waals surface area contributed by atoms with Crippen LogP contribution < -0.4 is 0 Å². The predicted octanol–water partition coefficient (Wildman–Crippen LogP) is 2.10. The Morgan fingerprint density at radius 1 is 1.20 bits per heavy atom. The fraction of sp³-hybridized carbons (Fsp3) is 0.538. The molecule has 2 nitrogen and oxygen atoms in total. The van der Waals surface area contributed by atoms with Crippen molar-refractivity contribution >= 4 is 0 Å². The molecule has 1 aromatic carbocycles. The Hall–Kier alpha value is -0.860. The third-order valence-corrected chi connectivity index (χ3v) is 2.68. The first-order valence-corrected chi connectivity index (χ1v) is 5.53. The average molecular weight is 207 g/mol. The standard InChI is InChI=1S/C13H21NO/c1-4-12(13(15)10-14(2)3)11-8-6-5-7-9-11/h5-9,12-13,15H,4,10H2,1-3H3. The lowest BCUT2D eigenvalue weighted by Gasteiger charge is -2.24. The molecule has 1 aromatic rings. The average Bonchev–Trinajstić information content (AvgIpc) is 2.19. The molecule has 0 spiro atoms. The molecular formula is C13H21NO. The lowest BCUT2D eigenvalue weighted by Crippen LogP contribution is -2.30. The summed E-state index contributed by atoms with van der Waals surface area (Å²) in [5.74, 6) is 0.244. The van der Waals surface area contributed by atoms with Crippen molar-refractivity contribution in [3.05, 3.63) is 35.9 Å². The molecule has 2 heteroatoms. The Morgan fingerprint density at radius 3 is 2.27 bits per heavy atom. The molecule has 0 aromatic heterocycles. The monoisotopic (exact) mass is 207 g/mol. The molecule has 1 rings (SSSR count). The molecule has 0 saturated carbocycles. The minimum atomic E-state index is -0.285. The topological polar surface area (TPSA) is 23.5 Å². The quantitative estimate of drug-likeness (QED) is 0.799.